The third-order valence-electron chi connectivity index (χ3n) is 3.50. The highest BCUT2D eigenvalue weighted by Crippen LogP contribution is 2.36. The molecular formula is C14H19FO. The van der Waals surface area contributed by atoms with Gasteiger partial charge in [-0.2, -0.15) is 0 Å². The van der Waals surface area contributed by atoms with Gasteiger partial charge in [-0.1, -0.05) is 23.8 Å². The molecule has 1 fully saturated rings. The summed E-state index contributed by atoms with van der Waals surface area (Å²) in [5, 5.41) is 0. The molecule has 2 heteroatoms. The first-order chi connectivity index (χ1) is 7.79. The third-order valence-corrected chi connectivity index (χ3v) is 3.50. The Bertz CT molecular complexity index is 318. The molecule has 2 rings (SSSR count). The van der Waals surface area contributed by atoms with E-state index in [1.165, 1.54) is 11.1 Å². The first kappa shape index (κ1) is 11.4. The smallest absolute Gasteiger partial charge is 0.122 e. The van der Waals surface area contributed by atoms with Gasteiger partial charge in [-0.25, -0.2) is 4.39 Å². The lowest BCUT2D eigenvalue weighted by Gasteiger charge is -2.27. The number of hydrogen-bond acceptors (Lipinski definition) is 1. The number of methoxy groups -OCH3 is 1. The SMILES string of the molecule is COC=C1CCC(C2=CC=CC(F)C2)CC1. The average Bonchev–Trinajstić information content (AvgIpc) is 2.30. The van der Waals surface area contributed by atoms with Gasteiger partial charge in [0.1, 0.15) is 6.17 Å². The molecular weight excluding hydrogens is 203 g/mol. The summed E-state index contributed by atoms with van der Waals surface area (Å²) in [6.45, 7) is 0. The molecule has 88 valence electrons. The zero-order chi connectivity index (χ0) is 11.4. The Morgan fingerprint density at radius 1 is 1.38 bits per heavy atom. The summed E-state index contributed by atoms with van der Waals surface area (Å²) >= 11 is 0. The van der Waals surface area contributed by atoms with E-state index in [-0.39, 0.29) is 0 Å². The van der Waals surface area contributed by atoms with Crippen LogP contribution < -0.4 is 0 Å². The molecule has 0 aromatic heterocycles. The minimum Gasteiger partial charge on any atom is -0.504 e. The van der Waals surface area contributed by atoms with E-state index in [1.807, 2.05) is 12.3 Å². The molecule has 0 aromatic rings. The van der Waals surface area contributed by atoms with Gasteiger partial charge in [0.05, 0.1) is 13.4 Å². The Hall–Kier alpha value is -1.05. The first-order valence-electron chi connectivity index (χ1n) is 6.01. The molecule has 2 aliphatic carbocycles. The molecule has 0 spiro atoms. The molecule has 0 amide bonds. The van der Waals surface area contributed by atoms with Crippen LogP contribution in [0.25, 0.3) is 0 Å². The van der Waals surface area contributed by atoms with Crippen molar-refractivity contribution in [3.05, 3.63) is 35.6 Å². The second kappa shape index (κ2) is 5.33. The summed E-state index contributed by atoms with van der Waals surface area (Å²) in [5.74, 6) is 0.581. The molecule has 0 N–H and O–H groups in total. The van der Waals surface area contributed by atoms with E-state index in [0.717, 1.165) is 25.7 Å². The molecule has 0 saturated heterocycles. The van der Waals surface area contributed by atoms with Gasteiger partial charge in [-0.15, -0.1) is 0 Å². The van der Waals surface area contributed by atoms with Crippen LogP contribution >= 0.6 is 0 Å². The number of alkyl halides is 1. The molecule has 0 aromatic carbocycles. The molecule has 0 heterocycles. The summed E-state index contributed by atoms with van der Waals surface area (Å²) in [4.78, 5) is 0. The van der Waals surface area contributed by atoms with Crippen molar-refractivity contribution in [1.82, 2.24) is 0 Å². The predicted octanol–water partition coefficient (Wildman–Crippen LogP) is 3.93. The van der Waals surface area contributed by atoms with Crippen molar-refractivity contribution in [3.63, 3.8) is 0 Å². The van der Waals surface area contributed by atoms with Crippen LogP contribution in [0.15, 0.2) is 35.6 Å². The van der Waals surface area contributed by atoms with Crippen LogP contribution in [0.2, 0.25) is 0 Å². The molecule has 1 saturated carbocycles. The summed E-state index contributed by atoms with van der Waals surface area (Å²) in [6, 6.07) is 0. The van der Waals surface area contributed by atoms with Crippen molar-refractivity contribution in [2.75, 3.05) is 7.11 Å². The van der Waals surface area contributed by atoms with Crippen molar-refractivity contribution in [2.45, 2.75) is 38.3 Å². The Morgan fingerprint density at radius 3 is 2.75 bits per heavy atom. The second-order valence-electron chi connectivity index (χ2n) is 4.63. The van der Waals surface area contributed by atoms with Crippen molar-refractivity contribution < 1.29 is 9.13 Å². The monoisotopic (exact) mass is 222 g/mol. The highest BCUT2D eigenvalue weighted by Gasteiger charge is 2.22. The van der Waals surface area contributed by atoms with Gasteiger partial charge in [0, 0.05) is 6.42 Å². The lowest BCUT2D eigenvalue weighted by Crippen LogP contribution is -2.15. The van der Waals surface area contributed by atoms with Crippen molar-refractivity contribution in [2.24, 2.45) is 5.92 Å². The van der Waals surface area contributed by atoms with Crippen LogP contribution in [-0.4, -0.2) is 13.3 Å². The van der Waals surface area contributed by atoms with Gasteiger partial charge < -0.3 is 4.74 Å². The fourth-order valence-electron chi connectivity index (χ4n) is 2.61. The second-order valence-corrected chi connectivity index (χ2v) is 4.63. The van der Waals surface area contributed by atoms with Crippen molar-refractivity contribution in [3.8, 4) is 0 Å². The first-order valence-corrected chi connectivity index (χ1v) is 6.01. The maximum Gasteiger partial charge on any atom is 0.122 e. The lowest BCUT2D eigenvalue weighted by atomic mass is 9.79. The third kappa shape index (κ3) is 2.75. The Morgan fingerprint density at radius 2 is 2.12 bits per heavy atom. The van der Waals surface area contributed by atoms with Crippen molar-refractivity contribution in [1.29, 1.82) is 0 Å². The van der Waals surface area contributed by atoms with Crippen LogP contribution in [0.4, 0.5) is 4.39 Å². The quantitative estimate of drug-likeness (QED) is 0.643. The number of rotatable bonds is 2. The number of hydrogen-bond donors (Lipinski definition) is 0. The minimum absolute atomic E-state index is 0.581. The van der Waals surface area contributed by atoms with E-state index in [2.05, 4.69) is 6.08 Å². The van der Waals surface area contributed by atoms with E-state index >= 15 is 0 Å². The predicted molar refractivity (Wildman–Crippen MR) is 63.8 cm³/mol. The average molecular weight is 222 g/mol. The van der Waals surface area contributed by atoms with E-state index in [4.69, 9.17) is 4.74 Å². The van der Waals surface area contributed by atoms with Crippen LogP contribution in [0.3, 0.4) is 0 Å². The standard InChI is InChI=1S/C14H19FO/c1-16-10-11-5-7-12(8-6-11)13-3-2-4-14(15)9-13/h2-4,10,12,14H,5-9H2,1H3. The van der Waals surface area contributed by atoms with Gasteiger partial charge in [-0.05, 0) is 37.2 Å². The summed E-state index contributed by atoms with van der Waals surface area (Å²) in [5.41, 5.74) is 2.69. The largest absolute Gasteiger partial charge is 0.504 e. The minimum atomic E-state index is -0.768. The maximum atomic E-state index is 13.2. The normalized spacial score (nSPS) is 29.9. The molecule has 1 unspecified atom stereocenters. The zero-order valence-corrected chi connectivity index (χ0v) is 9.79. The van der Waals surface area contributed by atoms with E-state index < -0.39 is 6.17 Å². The van der Waals surface area contributed by atoms with Crippen LogP contribution in [-0.2, 0) is 4.74 Å². The van der Waals surface area contributed by atoms with Gasteiger partial charge in [0.15, 0.2) is 0 Å². The molecule has 1 nitrogen and oxygen atoms in total. The Kier molecular flexibility index (Phi) is 3.81. The van der Waals surface area contributed by atoms with E-state index in [9.17, 15) is 4.39 Å². The zero-order valence-electron chi connectivity index (χ0n) is 9.79. The van der Waals surface area contributed by atoms with Gasteiger partial charge in [-0.3, -0.25) is 0 Å². The maximum absolute atomic E-state index is 13.2. The highest BCUT2D eigenvalue weighted by atomic mass is 19.1. The molecule has 0 radical (unpaired) electrons. The molecule has 16 heavy (non-hydrogen) atoms. The Labute approximate surface area is 96.7 Å². The van der Waals surface area contributed by atoms with Crippen molar-refractivity contribution >= 4 is 0 Å². The Balaban J connectivity index is 1.92. The molecule has 2 aliphatic rings. The lowest BCUT2D eigenvalue weighted by molar-refractivity contribution is 0.321. The summed E-state index contributed by atoms with van der Waals surface area (Å²) in [7, 11) is 1.70. The number of ether oxygens (including phenoxy) is 1. The molecule has 0 aliphatic heterocycles. The molecule has 1 atom stereocenters. The highest BCUT2D eigenvalue weighted by molar-refractivity contribution is 5.24. The van der Waals surface area contributed by atoms with Crippen LogP contribution in [0, 0.1) is 5.92 Å². The van der Waals surface area contributed by atoms with Crippen LogP contribution in [0.1, 0.15) is 32.1 Å². The van der Waals surface area contributed by atoms with E-state index in [1.54, 1.807) is 13.2 Å². The molecule has 0 bridgehead atoms. The van der Waals surface area contributed by atoms with Crippen LogP contribution in [0.5, 0.6) is 0 Å². The number of halogens is 1. The summed E-state index contributed by atoms with van der Waals surface area (Å²) in [6.07, 6.45) is 11.8. The van der Waals surface area contributed by atoms with Gasteiger partial charge >= 0.3 is 0 Å². The van der Waals surface area contributed by atoms with Gasteiger partial charge in [0.25, 0.3) is 0 Å². The topological polar surface area (TPSA) is 9.23 Å². The van der Waals surface area contributed by atoms with E-state index in [0.29, 0.717) is 12.3 Å². The summed E-state index contributed by atoms with van der Waals surface area (Å²) < 4.78 is 18.3. The van der Waals surface area contributed by atoms with Gasteiger partial charge in [0.2, 0.25) is 0 Å². The fourth-order valence-corrected chi connectivity index (χ4v) is 2.61. The fraction of sp³-hybridized carbons (Fsp3) is 0.571. The number of allylic oxidation sites excluding steroid dienone is 5.